The van der Waals surface area contributed by atoms with Crippen LogP contribution in [0.4, 0.5) is 10.3 Å². The number of hydrogen-bond acceptors (Lipinski definition) is 17. The van der Waals surface area contributed by atoms with Crippen LogP contribution in [0.3, 0.4) is 0 Å². The molecule has 11 aromatic rings. The minimum atomic E-state index is -1.09. The summed E-state index contributed by atoms with van der Waals surface area (Å²) in [6, 6.07) is 79.0. The van der Waals surface area contributed by atoms with E-state index >= 15 is 4.79 Å². The number of fused-ring (bicyclic) bond motifs is 1. The molecule has 0 spiro atoms. The van der Waals surface area contributed by atoms with E-state index < -0.39 is 46.4 Å². The van der Waals surface area contributed by atoms with E-state index in [9.17, 15) is 9.59 Å². The van der Waals surface area contributed by atoms with Gasteiger partial charge in [-0.2, -0.15) is 0 Å². The third-order valence-electron chi connectivity index (χ3n) is 15.6. The third-order valence-corrected chi connectivity index (χ3v) is 19.6. The summed E-state index contributed by atoms with van der Waals surface area (Å²) in [6.07, 6.45) is -0.794. The normalized spacial score (nSPS) is 15.0. The summed E-state index contributed by atoms with van der Waals surface area (Å²) in [5, 5.41) is 31.7. The Morgan fingerprint density at radius 2 is 1.07 bits per heavy atom. The number of carbonyl (C=O) groups excluding carboxylic acids is 3. The molecule has 0 saturated carbocycles. The number of aryl methyl sites for hydroxylation is 1. The van der Waals surface area contributed by atoms with Crippen molar-refractivity contribution in [1.82, 2.24) is 40.4 Å². The zero-order valence-corrected chi connectivity index (χ0v) is 51.6. The van der Waals surface area contributed by atoms with Gasteiger partial charge < -0.3 is 25.5 Å². The van der Waals surface area contributed by atoms with Gasteiger partial charge in [-0.15, -0.1) is 39.5 Å². The molecule has 2 amide bonds. The summed E-state index contributed by atoms with van der Waals surface area (Å²) in [7, 11) is 1.73. The maximum absolute atomic E-state index is 15.2. The molecule has 1 fully saturated rings. The van der Waals surface area contributed by atoms with Crippen LogP contribution in [0.5, 0.6) is 0 Å². The number of tetrazole rings is 1. The molecule has 3 N–H and O–H groups in total. The number of hydrogen-bond donors (Lipinski definition) is 3. The number of thiazole rings is 2. The molecule has 0 aliphatic carbocycles. The van der Waals surface area contributed by atoms with Gasteiger partial charge in [-0.05, 0) is 60.5 Å². The Morgan fingerprint density at radius 1 is 0.622 bits per heavy atom. The molecule has 5 heterocycles. The van der Waals surface area contributed by atoms with Crippen LogP contribution in [-0.4, -0.2) is 81.5 Å². The molecule has 2 aliphatic rings. The van der Waals surface area contributed by atoms with Gasteiger partial charge in [0.15, 0.2) is 28.7 Å². The number of β-lactam (4-membered cyclic amide) rings is 1. The summed E-state index contributed by atoms with van der Waals surface area (Å²) in [5.41, 5.74) is 6.96. The fourth-order valence-corrected chi connectivity index (χ4v) is 15.2. The summed E-state index contributed by atoms with van der Waals surface area (Å²) < 4.78 is 8.00. The molecule has 0 radical (unpaired) electrons. The van der Waals surface area contributed by atoms with Crippen molar-refractivity contribution in [2.45, 2.75) is 40.4 Å². The molecule has 0 bridgehead atoms. The number of esters is 1. The summed E-state index contributed by atoms with van der Waals surface area (Å²) in [4.78, 5) is 62.8. The van der Waals surface area contributed by atoms with Gasteiger partial charge in [0.05, 0.1) is 5.69 Å². The zero-order chi connectivity index (χ0) is 61.3. The maximum Gasteiger partial charge on any atom is 0.356 e. The van der Waals surface area contributed by atoms with Crippen LogP contribution in [0.2, 0.25) is 0 Å². The molecule has 3 aromatic heterocycles. The molecule has 8 aromatic carbocycles. The molecular weight excluding hydrogens is 1200 g/mol. The lowest BCUT2D eigenvalue weighted by atomic mass is 9.77. The summed E-state index contributed by atoms with van der Waals surface area (Å²) >= 11 is 5.47. The number of nitrogens with zero attached hydrogens (tertiary/aromatic N) is 8. The molecule has 1 unspecified atom stereocenters. The van der Waals surface area contributed by atoms with Crippen molar-refractivity contribution in [3.8, 4) is 0 Å². The number of rotatable bonds is 23. The Bertz CT molecular complexity index is 4090. The Balaban J connectivity index is 0.825. The monoisotopic (exact) mass is 1260 g/mol. The van der Waals surface area contributed by atoms with Crippen molar-refractivity contribution < 1.29 is 24.0 Å². The largest absolute Gasteiger partial charge is 0.448 e. The zero-order valence-electron chi connectivity index (χ0n) is 48.4. The smallest absolute Gasteiger partial charge is 0.356 e. The van der Waals surface area contributed by atoms with Crippen molar-refractivity contribution in [3.63, 3.8) is 0 Å². The number of oxime groups is 1. The first-order valence-corrected chi connectivity index (χ1v) is 32.7. The quantitative estimate of drug-likeness (QED) is 0.0137. The highest BCUT2D eigenvalue weighted by Gasteiger charge is 2.55. The number of carbonyl (C=O) groups is 3. The first kappa shape index (κ1) is 59.0. The maximum atomic E-state index is 15.2. The van der Waals surface area contributed by atoms with Crippen LogP contribution in [-0.2, 0) is 48.7 Å². The SMILES string of the molecule is Cn1nnnc1SCC1=C(C(=O)OC(c2ccccc2)c2ccccc2)N2C(=O)C(NC(=O)/C(=N\OCc3csc(NC(c4ccccc4)(c4ccccc4)c4ccccc4)n3)c3csc(NC(c4ccccc4)(c4ccccc4)c4ccccc4)n3)[C@H]2SC1. The van der Waals surface area contributed by atoms with Crippen LogP contribution in [0.15, 0.2) is 275 Å². The fraction of sp³-hybridized carbons (Fsp3) is 0.129. The summed E-state index contributed by atoms with van der Waals surface area (Å²) in [6.45, 7) is -0.124. The minimum Gasteiger partial charge on any atom is -0.448 e. The Labute approximate surface area is 536 Å². The number of amides is 2. The van der Waals surface area contributed by atoms with Gasteiger partial charge in [-0.25, -0.2) is 19.4 Å². The molecule has 2 aliphatic heterocycles. The lowest BCUT2D eigenvalue weighted by molar-refractivity contribution is -0.154. The molecule has 16 nitrogen and oxygen atoms in total. The van der Waals surface area contributed by atoms with Gasteiger partial charge in [0.1, 0.15) is 33.9 Å². The number of benzene rings is 8. The van der Waals surface area contributed by atoms with Crippen molar-refractivity contribution in [2.24, 2.45) is 12.2 Å². The van der Waals surface area contributed by atoms with E-state index in [1.807, 2.05) is 175 Å². The highest BCUT2D eigenvalue weighted by atomic mass is 32.2. The van der Waals surface area contributed by atoms with E-state index in [1.54, 1.807) is 17.1 Å². The number of thioether (sulfide) groups is 2. The fourth-order valence-electron chi connectivity index (χ4n) is 11.4. The number of aromatic nitrogens is 6. The molecule has 13 rings (SSSR count). The van der Waals surface area contributed by atoms with E-state index in [2.05, 4.69) is 109 Å². The number of anilines is 2. The van der Waals surface area contributed by atoms with Gasteiger partial charge in [-0.1, -0.05) is 260 Å². The average molecular weight is 1260 g/mol. The Hall–Kier alpha value is -9.99. The van der Waals surface area contributed by atoms with Gasteiger partial charge in [0, 0.05) is 29.3 Å². The molecule has 20 heteroatoms. The molecule has 446 valence electrons. The van der Waals surface area contributed by atoms with E-state index in [-0.39, 0.29) is 29.5 Å². The van der Waals surface area contributed by atoms with Crippen LogP contribution < -0.4 is 16.0 Å². The molecule has 90 heavy (non-hydrogen) atoms. The topological polar surface area (TPSA) is 191 Å². The van der Waals surface area contributed by atoms with Crippen molar-refractivity contribution in [2.75, 3.05) is 22.1 Å². The van der Waals surface area contributed by atoms with Crippen LogP contribution in [0.1, 0.15) is 62.0 Å². The summed E-state index contributed by atoms with van der Waals surface area (Å²) in [5.74, 6) is -1.31. The predicted molar refractivity (Wildman–Crippen MR) is 354 cm³/mol. The second-order valence-electron chi connectivity index (χ2n) is 21.1. The van der Waals surface area contributed by atoms with Crippen molar-refractivity contribution >= 4 is 80.0 Å². The van der Waals surface area contributed by atoms with E-state index in [1.165, 1.54) is 51.1 Å². The van der Waals surface area contributed by atoms with Crippen molar-refractivity contribution in [1.29, 1.82) is 0 Å². The van der Waals surface area contributed by atoms with E-state index in [4.69, 9.17) is 19.5 Å². The Morgan fingerprint density at radius 3 is 1.52 bits per heavy atom. The predicted octanol–water partition coefficient (Wildman–Crippen LogP) is 12.6. The third kappa shape index (κ3) is 12.0. The van der Waals surface area contributed by atoms with Crippen LogP contribution >= 0.6 is 46.2 Å². The standard InChI is InChI=1S/C70H57N11O5S4/c1-80-68(76-78-79-80)90-44-49-43-87-64-59(63(83)81(64)60(49)65(84)86-61(47-26-10-2-11-27-47)48-28-12-3-13-29-48)73-62(82)58(57-46-89-67(72-57)75-70(53-36-20-7-21-37-53,54-38-22-8-23-39-54)55-40-24-9-25-41-55)77-85-42-56-45-88-66(71-56)74-69(50-30-14-4-15-31-50,51-32-16-5-17-33-51)52-34-18-6-19-35-52/h2-41,45-46,59,61,64H,42-44H2,1H3,(H,71,74)(H,72,75)(H,73,82)/b77-58-/t59?,64-/m1/s1. The van der Waals surface area contributed by atoms with E-state index in [0.29, 0.717) is 32.4 Å². The highest BCUT2D eigenvalue weighted by Crippen LogP contribution is 2.45. The second-order valence-corrected chi connectivity index (χ2v) is 24.9. The number of ether oxygens (including phenoxy) is 1. The van der Waals surface area contributed by atoms with Gasteiger partial charge in [0.25, 0.3) is 11.8 Å². The first-order chi connectivity index (χ1) is 44.3. The average Bonchev–Trinajstić information content (AvgIpc) is 0.826. The van der Waals surface area contributed by atoms with Crippen molar-refractivity contribution in [3.05, 3.63) is 321 Å². The van der Waals surface area contributed by atoms with Crippen LogP contribution in [0, 0.1) is 0 Å². The van der Waals surface area contributed by atoms with E-state index in [0.717, 1.165) is 44.5 Å². The second kappa shape index (κ2) is 26.8. The van der Waals surface area contributed by atoms with Gasteiger partial charge >= 0.3 is 5.97 Å². The minimum absolute atomic E-state index is 0.102. The Kier molecular flexibility index (Phi) is 17.6. The van der Waals surface area contributed by atoms with Gasteiger partial charge in [0.2, 0.25) is 5.16 Å². The highest BCUT2D eigenvalue weighted by molar-refractivity contribution is 8.01. The molecule has 1 saturated heterocycles. The molecule has 2 atom stereocenters. The lowest BCUT2D eigenvalue weighted by Gasteiger charge is -2.49. The number of nitrogens with one attached hydrogen (secondary N) is 3. The first-order valence-electron chi connectivity index (χ1n) is 28.9. The lowest BCUT2D eigenvalue weighted by Crippen LogP contribution is -2.71. The molecular formula is C70H57N11O5S4. The van der Waals surface area contributed by atoms with Gasteiger partial charge in [-0.3, -0.25) is 14.5 Å². The van der Waals surface area contributed by atoms with Crippen LogP contribution in [0.25, 0.3) is 0 Å².